The van der Waals surface area contributed by atoms with Gasteiger partial charge in [-0.3, -0.25) is 19.3 Å². The summed E-state index contributed by atoms with van der Waals surface area (Å²) in [5, 5.41) is 3.22. The largest absolute Gasteiger partial charge is 0.454 e. The molecule has 12 heteroatoms. The van der Waals surface area contributed by atoms with E-state index in [4.69, 9.17) is 16.3 Å². The van der Waals surface area contributed by atoms with E-state index >= 15 is 0 Å². The fourth-order valence-corrected chi connectivity index (χ4v) is 7.47. The first kappa shape index (κ1) is 29.3. The third-order valence-corrected chi connectivity index (χ3v) is 12.9. The number of ether oxygens (including phenoxy) is 1. The van der Waals surface area contributed by atoms with Gasteiger partial charge in [0.2, 0.25) is 0 Å². The van der Waals surface area contributed by atoms with Crippen molar-refractivity contribution in [2.24, 2.45) is 5.92 Å². The minimum absolute atomic E-state index is 0.0131. The molecule has 0 aliphatic carbocycles. The van der Waals surface area contributed by atoms with Gasteiger partial charge in [-0.2, -0.15) is 0 Å². The summed E-state index contributed by atoms with van der Waals surface area (Å²) in [6.45, 7) is 5.00. The Balaban J connectivity index is 1.82. The molecule has 0 unspecified atom stereocenters. The molecule has 0 aromatic heterocycles. The molecule has 1 heterocycles. The average Bonchev–Trinajstić information content (AvgIpc) is 3.04. The molecule has 0 fully saturated rings. The topological polar surface area (TPSA) is 92.8 Å². The first-order valence-electron chi connectivity index (χ1n) is 10.3. The van der Waals surface area contributed by atoms with Gasteiger partial charge in [-0.25, -0.2) is 4.79 Å². The van der Waals surface area contributed by atoms with Crippen LogP contribution in [0.3, 0.4) is 0 Å². The third kappa shape index (κ3) is 6.25. The molecule has 35 heavy (non-hydrogen) atoms. The van der Waals surface area contributed by atoms with Crippen LogP contribution in [0.1, 0.15) is 46.5 Å². The summed E-state index contributed by atoms with van der Waals surface area (Å²) in [6.07, 6.45) is 0.212. The van der Waals surface area contributed by atoms with Crippen molar-refractivity contribution < 1.29 is 23.9 Å². The van der Waals surface area contributed by atoms with Gasteiger partial charge in [-0.15, -0.1) is 0 Å². The number of hydrogen-bond donors (Lipinski definition) is 1. The van der Waals surface area contributed by atoms with Crippen LogP contribution in [-0.4, -0.2) is 41.2 Å². The number of nitrogens with one attached hydrogen (secondary N) is 1. The fourth-order valence-electron chi connectivity index (χ4n) is 3.59. The van der Waals surface area contributed by atoms with E-state index < -0.39 is 36.3 Å². The number of benzene rings is 2. The number of anilines is 1. The number of imide groups is 1. The predicted octanol–water partition coefficient (Wildman–Crippen LogP) is 6.26. The first-order chi connectivity index (χ1) is 16.3. The molecule has 2 aromatic carbocycles. The summed E-state index contributed by atoms with van der Waals surface area (Å²) in [4.78, 5) is 53.3. The number of rotatable bonds is 7. The van der Waals surface area contributed by atoms with E-state index in [1.807, 2.05) is 13.8 Å². The zero-order chi connectivity index (χ0) is 26.2. The number of carbonyl (C=O) groups is 4. The molecule has 0 radical (unpaired) electrons. The van der Waals surface area contributed by atoms with Crippen molar-refractivity contribution >= 4 is 131 Å². The number of nitrogens with zero attached hydrogens (tertiary/aromatic N) is 1. The van der Waals surface area contributed by atoms with Gasteiger partial charge in [0, 0.05) is 25.0 Å². The Labute approximate surface area is 262 Å². The molecule has 0 saturated heterocycles. The minimum atomic E-state index is -1.14. The van der Waals surface area contributed by atoms with E-state index in [1.54, 1.807) is 25.1 Å². The van der Waals surface area contributed by atoms with Gasteiger partial charge >= 0.3 is 5.97 Å². The normalized spacial score (nSPS) is 13.8. The van der Waals surface area contributed by atoms with E-state index in [9.17, 15) is 19.2 Å². The lowest BCUT2D eigenvalue weighted by Gasteiger charge is -2.26. The van der Waals surface area contributed by atoms with E-state index in [0.717, 1.165) is 17.6 Å². The number of aryl methyl sites for hydroxylation is 1. The van der Waals surface area contributed by atoms with Crippen molar-refractivity contribution in [2.75, 3.05) is 11.9 Å². The quantitative estimate of drug-likeness (QED) is 0.117. The number of esters is 1. The highest BCUT2D eigenvalue weighted by Crippen LogP contribution is 2.39. The Bertz CT molecular complexity index is 1200. The van der Waals surface area contributed by atoms with Gasteiger partial charge in [-0.1, -0.05) is 25.4 Å². The minimum Gasteiger partial charge on any atom is -0.454 e. The van der Waals surface area contributed by atoms with Gasteiger partial charge in [0.05, 0.1) is 11.1 Å². The van der Waals surface area contributed by atoms with Crippen LogP contribution in [0, 0.1) is 27.1 Å². The van der Waals surface area contributed by atoms with Crippen molar-refractivity contribution in [3.8, 4) is 0 Å². The van der Waals surface area contributed by atoms with Crippen LogP contribution in [0.4, 0.5) is 5.69 Å². The Morgan fingerprint density at radius 2 is 1.54 bits per heavy atom. The lowest BCUT2D eigenvalue weighted by Crippen LogP contribution is -2.47. The Morgan fingerprint density at radius 3 is 2.03 bits per heavy atom. The van der Waals surface area contributed by atoms with Crippen molar-refractivity contribution in [2.45, 2.75) is 33.2 Å². The van der Waals surface area contributed by atoms with Crippen LogP contribution in [-0.2, 0) is 14.3 Å². The summed E-state index contributed by atoms with van der Waals surface area (Å²) in [5.41, 5.74) is 1.92. The second-order valence-corrected chi connectivity index (χ2v) is 13.0. The maximum absolute atomic E-state index is 13.4. The van der Waals surface area contributed by atoms with Crippen LogP contribution < -0.4 is 5.32 Å². The Kier molecular flexibility index (Phi) is 10.1. The highest BCUT2D eigenvalue weighted by atomic mass is 127. The van der Waals surface area contributed by atoms with Crippen molar-refractivity contribution in [1.29, 1.82) is 0 Å². The molecule has 186 valence electrons. The highest BCUT2D eigenvalue weighted by molar-refractivity contribution is 14.1. The lowest BCUT2D eigenvalue weighted by atomic mass is 10.0. The molecule has 1 atom stereocenters. The molecule has 3 rings (SSSR count). The zero-order valence-corrected chi connectivity index (χ0v) is 28.1. The van der Waals surface area contributed by atoms with E-state index in [0.29, 0.717) is 29.0 Å². The SMILES string of the molecule is Cc1cc(Cl)ccc1NC(=O)COC(=O)[C@@H](CC(C)C)N1C(=O)c2c(I)c(I)c(I)c(I)c2C1=O. The molecule has 2 aromatic rings. The van der Waals surface area contributed by atoms with E-state index in [2.05, 4.69) is 95.7 Å². The fraction of sp³-hybridized carbons (Fsp3) is 0.304. The van der Waals surface area contributed by atoms with Gasteiger partial charge < -0.3 is 10.1 Å². The summed E-state index contributed by atoms with van der Waals surface area (Å²) in [5.74, 6) is -2.40. The summed E-state index contributed by atoms with van der Waals surface area (Å²) in [7, 11) is 0. The second kappa shape index (κ2) is 12.1. The van der Waals surface area contributed by atoms with Crippen LogP contribution in [0.15, 0.2) is 18.2 Å². The molecular weight excluding hydrogens is 927 g/mol. The van der Waals surface area contributed by atoms with Crippen molar-refractivity contribution in [3.63, 3.8) is 0 Å². The summed E-state index contributed by atoms with van der Waals surface area (Å²) < 4.78 is 8.41. The lowest BCUT2D eigenvalue weighted by molar-refractivity contribution is -0.151. The van der Waals surface area contributed by atoms with Crippen LogP contribution in [0.2, 0.25) is 5.02 Å². The van der Waals surface area contributed by atoms with Crippen molar-refractivity contribution in [1.82, 2.24) is 4.90 Å². The molecule has 0 saturated carbocycles. The smallest absolute Gasteiger partial charge is 0.329 e. The summed E-state index contributed by atoms with van der Waals surface area (Å²) in [6, 6.07) is 3.86. The number of amides is 3. The highest BCUT2D eigenvalue weighted by Gasteiger charge is 2.47. The second-order valence-electron chi connectivity index (χ2n) is 8.25. The van der Waals surface area contributed by atoms with Crippen molar-refractivity contribution in [3.05, 3.63) is 54.2 Å². The Morgan fingerprint density at radius 1 is 1.00 bits per heavy atom. The molecule has 1 aliphatic rings. The first-order valence-corrected chi connectivity index (χ1v) is 15.0. The third-order valence-electron chi connectivity index (χ3n) is 5.22. The number of halogens is 5. The monoisotopic (exact) mass is 946 g/mol. The standard InChI is InChI=1S/C23H19ClI4N2O5/c1-9(2)6-13(23(34)35-8-14(31)29-12-5-4-11(24)7-10(12)3)30-21(32)15-16(22(30)33)18(26)20(28)19(27)17(15)25/h4-5,7,9,13H,6,8H2,1-3H3,(H,29,31)/t13-/m1/s1. The number of hydrogen-bond acceptors (Lipinski definition) is 5. The number of carbonyl (C=O) groups excluding carboxylic acids is 4. The molecular formula is C23H19ClI4N2O5. The van der Waals surface area contributed by atoms with E-state index in [-0.39, 0.29) is 12.3 Å². The van der Waals surface area contributed by atoms with Crippen LogP contribution in [0.25, 0.3) is 0 Å². The molecule has 1 aliphatic heterocycles. The molecule has 7 nitrogen and oxygen atoms in total. The van der Waals surface area contributed by atoms with Gasteiger partial charge in [0.15, 0.2) is 6.61 Å². The molecule has 3 amide bonds. The molecule has 0 bridgehead atoms. The van der Waals surface area contributed by atoms with E-state index in [1.165, 1.54) is 0 Å². The van der Waals surface area contributed by atoms with Gasteiger partial charge in [0.25, 0.3) is 17.7 Å². The van der Waals surface area contributed by atoms with Crippen LogP contribution >= 0.6 is 102 Å². The Hall–Kier alpha value is -0.270. The summed E-state index contributed by atoms with van der Waals surface area (Å²) >= 11 is 14.4. The maximum Gasteiger partial charge on any atom is 0.329 e. The predicted molar refractivity (Wildman–Crippen MR) is 167 cm³/mol. The van der Waals surface area contributed by atoms with Gasteiger partial charge in [-0.05, 0) is 133 Å². The maximum atomic E-state index is 13.4. The molecule has 0 spiro atoms. The van der Waals surface area contributed by atoms with Gasteiger partial charge in [0.1, 0.15) is 6.04 Å². The molecule has 1 N–H and O–H groups in total. The number of fused-ring (bicyclic) bond motifs is 1. The zero-order valence-electron chi connectivity index (χ0n) is 18.7. The average molecular weight is 946 g/mol. The van der Waals surface area contributed by atoms with Crippen LogP contribution in [0.5, 0.6) is 0 Å².